The average Bonchev–Trinajstić information content (AvgIpc) is 2.88. The monoisotopic (exact) mass is 335 g/mol. The molecule has 23 heavy (non-hydrogen) atoms. The molecule has 0 saturated carbocycles. The second-order valence-corrected chi connectivity index (χ2v) is 7.35. The van der Waals surface area contributed by atoms with Crippen LogP contribution in [0.4, 0.5) is 0 Å². The van der Waals surface area contributed by atoms with Gasteiger partial charge in [0, 0.05) is 63.8 Å². The molecule has 2 atom stereocenters. The number of hydrogen-bond acceptors (Lipinski definition) is 3. The van der Waals surface area contributed by atoms with Gasteiger partial charge < -0.3 is 4.90 Å². The highest BCUT2D eigenvalue weighted by molar-refractivity contribution is 6.30. The first-order chi connectivity index (χ1) is 11.0. The van der Waals surface area contributed by atoms with Crippen LogP contribution < -0.4 is 0 Å². The lowest BCUT2D eigenvalue weighted by Gasteiger charge is -2.39. The SMILES string of the molecule is CC(=O)N1CCN(C2CN(Cc3cccc(Cl)c3)CC2C)CC1. The number of carbonyl (C=O) groups excluding carboxylic acids is 1. The standard InChI is InChI=1S/C18H26ClN3O/c1-14-11-20(12-16-4-3-5-17(19)10-16)13-18(14)22-8-6-21(7-9-22)15(2)23/h3-5,10,14,18H,6-9,11-13H2,1-2H3. The number of benzene rings is 1. The number of likely N-dealkylation sites (tertiary alicyclic amines) is 1. The fourth-order valence-corrected chi connectivity index (χ4v) is 4.13. The molecule has 0 N–H and O–H groups in total. The Morgan fingerprint density at radius 1 is 1.22 bits per heavy atom. The van der Waals surface area contributed by atoms with Crippen LogP contribution in [-0.2, 0) is 11.3 Å². The van der Waals surface area contributed by atoms with Gasteiger partial charge in [0.25, 0.3) is 0 Å². The molecule has 2 heterocycles. The fraction of sp³-hybridized carbons (Fsp3) is 0.611. The summed E-state index contributed by atoms with van der Waals surface area (Å²) in [6.07, 6.45) is 0. The van der Waals surface area contributed by atoms with E-state index >= 15 is 0 Å². The van der Waals surface area contributed by atoms with E-state index in [1.54, 1.807) is 6.92 Å². The lowest BCUT2D eigenvalue weighted by atomic mass is 10.0. The molecule has 1 aromatic carbocycles. The Balaban J connectivity index is 1.55. The van der Waals surface area contributed by atoms with Crippen LogP contribution >= 0.6 is 11.6 Å². The highest BCUT2D eigenvalue weighted by Crippen LogP contribution is 2.25. The minimum atomic E-state index is 0.201. The Morgan fingerprint density at radius 3 is 2.61 bits per heavy atom. The molecule has 2 aliphatic heterocycles. The van der Waals surface area contributed by atoms with Gasteiger partial charge >= 0.3 is 0 Å². The summed E-state index contributed by atoms with van der Waals surface area (Å²) in [6, 6.07) is 8.76. The smallest absolute Gasteiger partial charge is 0.219 e. The van der Waals surface area contributed by atoms with Crippen molar-refractivity contribution >= 4 is 17.5 Å². The van der Waals surface area contributed by atoms with Gasteiger partial charge in [0.15, 0.2) is 0 Å². The predicted octanol–water partition coefficient (Wildman–Crippen LogP) is 2.32. The van der Waals surface area contributed by atoms with E-state index in [9.17, 15) is 4.79 Å². The maximum atomic E-state index is 11.5. The third-order valence-electron chi connectivity index (χ3n) is 5.17. The normalized spacial score (nSPS) is 26.7. The Labute approximate surface area is 144 Å². The van der Waals surface area contributed by atoms with Crippen LogP contribution in [0.25, 0.3) is 0 Å². The molecule has 126 valence electrons. The summed E-state index contributed by atoms with van der Waals surface area (Å²) in [5.74, 6) is 0.866. The number of carbonyl (C=O) groups is 1. The Hall–Kier alpha value is -1.10. The van der Waals surface area contributed by atoms with Gasteiger partial charge in [-0.25, -0.2) is 0 Å². The van der Waals surface area contributed by atoms with Crippen LogP contribution in [0.3, 0.4) is 0 Å². The zero-order valence-electron chi connectivity index (χ0n) is 14.0. The molecule has 0 radical (unpaired) electrons. The molecule has 2 saturated heterocycles. The summed E-state index contributed by atoms with van der Waals surface area (Å²) in [7, 11) is 0. The van der Waals surface area contributed by atoms with Crippen molar-refractivity contribution in [3.8, 4) is 0 Å². The molecule has 0 aromatic heterocycles. The van der Waals surface area contributed by atoms with E-state index in [1.807, 2.05) is 17.0 Å². The molecule has 2 unspecified atom stereocenters. The summed E-state index contributed by atoms with van der Waals surface area (Å²) >= 11 is 6.09. The van der Waals surface area contributed by atoms with Gasteiger partial charge in [-0.3, -0.25) is 14.6 Å². The van der Waals surface area contributed by atoms with Gasteiger partial charge in [-0.1, -0.05) is 30.7 Å². The van der Waals surface area contributed by atoms with Gasteiger partial charge in [-0.05, 0) is 23.6 Å². The van der Waals surface area contributed by atoms with Crippen molar-refractivity contribution < 1.29 is 4.79 Å². The molecular formula is C18H26ClN3O. The summed E-state index contributed by atoms with van der Waals surface area (Å²) in [5.41, 5.74) is 1.28. The lowest BCUT2D eigenvalue weighted by Crippen LogP contribution is -2.53. The van der Waals surface area contributed by atoms with Gasteiger partial charge in [0.05, 0.1) is 0 Å². The fourth-order valence-electron chi connectivity index (χ4n) is 3.91. The van der Waals surface area contributed by atoms with Crippen molar-refractivity contribution in [2.24, 2.45) is 5.92 Å². The number of amides is 1. The van der Waals surface area contributed by atoms with Gasteiger partial charge in [0.2, 0.25) is 5.91 Å². The van der Waals surface area contributed by atoms with Crippen molar-refractivity contribution in [2.75, 3.05) is 39.3 Å². The third kappa shape index (κ3) is 4.06. The Morgan fingerprint density at radius 2 is 1.96 bits per heavy atom. The van der Waals surface area contributed by atoms with Gasteiger partial charge in [-0.2, -0.15) is 0 Å². The average molecular weight is 336 g/mol. The first-order valence-electron chi connectivity index (χ1n) is 8.49. The van der Waals surface area contributed by atoms with E-state index in [0.29, 0.717) is 12.0 Å². The lowest BCUT2D eigenvalue weighted by molar-refractivity contribution is -0.130. The number of nitrogens with zero attached hydrogens (tertiary/aromatic N) is 3. The van der Waals surface area contributed by atoms with E-state index in [1.165, 1.54) is 5.56 Å². The quantitative estimate of drug-likeness (QED) is 0.848. The van der Waals surface area contributed by atoms with Crippen molar-refractivity contribution in [3.63, 3.8) is 0 Å². The molecule has 1 amide bonds. The van der Waals surface area contributed by atoms with Gasteiger partial charge in [0.1, 0.15) is 0 Å². The predicted molar refractivity (Wildman–Crippen MR) is 93.5 cm³/mol. The Bertz CT molecular complexity index is 557. The largest absolute Gasteiger partial charge is 0.340 e. The minimum Gasteiger partial charge on any atom is -0.340 e. The van der Waals surface area contributed by atoms with Crippen LogP contribution in [-0.4, -0.2) is 65.9 Å². The second-order valence-electron chi connectivity index (χ2n) is 6.91. The molecule has 2 aliphatic rings. The number of rotatable bonds is 3. The molecule has 0 spiro atoms. The maximum Gasteiger partial charge on any atom is 0.219 e. The summed E-state index contributed by atoms with van der Waals surface area (Å²) < 4.78 is 0. The van der Waals surface area contributed by atoms with Crippen LogP contribution in [0, 0.1) is 5.92 Å². The highest BCUT2D eigenvalue weighted by Gasteiger charge is 2.35. The van der Waals surface area contributed by atoms with E-state index in [4.69, 9.17) is 11.6 Å². The van der Waals surface area contributed by atoms with Crippen molar-refractivity contribution in [2.45, 2.75) is 26.4 Å². The van der Waals surface area contributed by atoms with Crippen LogP contribution in [0.5, 0.6) is 0 Å². The Kier molecular flexibility index (Phi) is 5.24. The maximum absolute atomic E-state index is 11.5. The molecule has 4 nitrogen and oxygen atoms in total. The molecular weight excluding hydrogens is 310 g/mol. The van der Waals surface area contributed by atoms with Crippen molar-refractivity contribution in [1.82, 2.24) is 14.7 Å². The minimum absolute atomic E-state index is 0.201. The first kappa shape index (κ1) is 16.7. The van der Waals surface area contributed by atoms with Crippen LogP contribution in [0.2, 0.25) is 5.02 Å². The number of halogens is 1. The van der Waals surface area contributed by atoms with Crippen LogP contribution in [0.15, 0.2) is 24.3 Å². The summed E-state index contributed by atoms with van der Waals surface area (Å²) in [6.45, 7) is 11.0. The zero-order valence-corrected chi connectivity index (χ0v) is 14.8. The summed E-state index contributed by atoms with van der Waals surface area (Å²) in [5, 5.41) is 0.812. The van der Waals surface area contributed by atoms with Crippen molar-refractivity contribution in [1.29, 1.82) is 0 Å². The molecule has 5 heteroatoms. The molecule has 0 bridgehead atoms. The molecule has 3 rings (SSSR count). The summed E-state index contributed by atoms with van der Waals surface area (Å²) in [4.78, 5) is 18.5. The zero-order chi connectivity index (χ0) is 16.4. The number of hydrogen-bond donors (Lipinski definition) is 0. The third-order valence-corrected chi connectivity index (χ3v) is 5.41. The first-order valence-corrected chi connectivity index (χ1v) is 8.87. The van der Waals surface area contributed by atoms with E-state index in [-0.39, 0.29) is 5.91 Å². The topological polar surface area (TPSA) is 26.8 Å². The van der Waals surface area contributed by atoms with E-state index in [2.05, 4.69) is 28.9 Å². The second kappa shape index (κ2) is 7.20. The molecule has 1 aromatic rings. The molecule has 0 aliphatic carbocycles. The van der Waals surface area contributed by atoms with Gasteiger partial charge in [-0.15, -0.1) is 0 Å². The van der Waals surface area contributed by atoms with Crippen LogP contribution in [0.1, 0.15) is 19.4 Å². The van der Waals surface area contributed by atoms with E-state index in [0.717, 1.165) is 50.8 Å². The van der Waals surface area contributed by atoms with E-state index < -0.39 is 0 Å². The van der Waals surface area contributed by atoms with Crippen molar-refractivity contribution in [3.05, 3.63) is 34.9 Å². The molecule has 2 fully saturated rings. The number of piperazine rings is 1. The highest BCUT2D eigenvalue weighted by atomic mass is 35.5.